The van der Waals surface area contributed by atoms with Crippen molar-refractivity contribution in [2.75, 3.05) is 20.1 Å². The molecule has 0 spiro atoms. The molecule has 2 aromatic heterocycles. The molecule has 3 heterocycles. The Bertz CT molecular complexity index is 738. The van der Waals surface area contributed by atoms with Crippen LogP contribution in [0.4, 0.5) is 0 Å². The minimum absolute atomic E-state index is 0.114. The van der Waals surface area contributed by atoms with Crippen molar-refractivity contribution in [2.45, 2.75) is 17.6 Å². The Morgan fingerprint density at radius 3 is 2.77 bits per heavy atom. The first-order valence-corrected chi connectivity index (χ1v) is 8.48. The van der Waals surface area contributed by atoms with Gasteiger partial charge in [-0.05, 0) is 18.7 Å². The van der Waals surface area contributed by atoms with Crippen LogP contribution in [0.3, 0.4) is 0 Å². The summed E-state index contributed by atoms with van der Waals surface area (Å²) in [4.78, 5) is 10.2. The van der Waals surface area contributed by atoms with Gasteiger partial charge >= 0.3 is 0 Å². The molecule has 0 N–H and O–H groups in total. The molecule has 1 fully saturated rings. The number of aryl methyl sites for hydroxylation is 1. The summed E-state index contributed by atoms with van der Waals surface area (Å²) in [5.74, 6) is 0. The van der Waals surface area contributed by atoms with Gasteiger partial charge in [-0.25, -0.2) is 13.4 Å². The molecule has 1 aliphatic heterocycles. The van der Waals surface area contributed by atoms with E-state index in [0.29, 0.717) is 13.1 Å². The van der Waals surface area contributed by atoms with E-state index in [0.717, 1.165) is 12.1 Å². The van der Waals surface area contributed by atoms with Gasteiger partial charge in [0.05, 0.1) is 6.33 Å². The molecule has 1 aliphatic rings. The van der Waals surface area contributed by atoms with Gasteiger partial charge in [-0.2, -0.15) is 4.31 Å². The van der Waals surface area contributed by atoms with Crippen LogP contribution in [0, 0.1) is 0 Å². The van der Waals surface area contributed by atoms with Gasteiger partial charge in [0.2, 0.25) is 0 Å². The van der Waals surface area contributed by atoms with Crippen LogP contribution in [0.2, 0.25) is 0 Å². The van der Waals surface area contributed by atoms with Crippen molar-refractivity contribution in [2.24, 2.45) is 7.05 Å². The summed E-state index contributed by atoms with van der Waals surface area (Å²) >= 11 is 0. The summed E-state index contributed by atoms with van der Waals surface area (Å²) < 4.78 is 27.9. The van der Waals surface area contributed by atoms with Crippen molar-refractivity contribution in [1.29, 1.82) is 0 Å². The Morgan fingerprint density at radius 1 is 1.41 bits per heavy atom. The minimum atomic E-state index is -3.46. The van der Waals surface area contributed by atoms with Crippen LogP contribution in [0.25, 0.3) is 0 Å². The highest BCUT2D eigenvalue weighted by atomic mass is 32.2. The highest BCUT2D eigenvalue weighted by Gasteiger charge is 2.39. The molecule has 0 amide bonds. The summed E-state index contributed by atoms with van der Waals surface area (Å²) in [7, 11) is 0.301. The molecule has 2 aromatic rings. The fourth-order valence-corrected chi connectivity index (χ4v) is 3.94. The molecule has 1 saturated heterocycles. The third kappa shape index (κ3) is 2.90. The van der Waals surface area contributed by atoms with E-state index >= 15 is 0 Å². The average Bonchev–Trinajstić information content (AvgIpc) is 2.85. The quantitative estimate of drug-likeness (QED) is 0.793. The number of hydrogen-bond donors (Lipinski definition) is 0. The average molecular weight is 321 g/mol. The van der Waals surface area contributed by atoms with Gasteiger partial charge in [0.15, 0.2) is 5.03 Å². The number of hydrogen-bond acceptors (Lipinski definition) is 5. The number of sulfonamides is 1. The van der Waals surface area contributed by atoms with Gasteiger partial charge in [0.1, 0.15) is 0 Å². The summed E-state index contributed by atoms with van der Waals surface area (Å²) in [5, 5.41) is 0.114. The molecule has 3 rings (SSSR count). The lowest BCUT2D eigenvalue weighted by Crippen LogP contribution is -2.59. The van der Waals surface area contributed by atoms with E-state index in [2.05, 4.69) is 14.9 Å². The Morgan fingerprint density at radius 2 is 2.18 bits per heavy atom. The summed E-state index contributed by atoms with van der Waals surface area (Å²) in [5.41, 5.74) is 1.12. The normalized spacial score (nSPS) is 16.9. The van der Waals surface area contributed by atoms with Crippen molar-refractivity contribution < 1.29 is 8.42 Å². The van der Waals surface area contributed by atoms with Crippen molar-refractivity contribution in [1.82, 2.24) is 23.7 Å². The summed E-state index contributed by atoms with van der Waals surface area (Å²) in [6.45, 7) is 1.75. The molecule has 0 radical (unpaired) electrons. The molecule has 0 atom stereocenters. The minimum Gasteiger partial charge on any atom is -0.339 e. The van der Waals surface area contributed by atoms with Gasteiger partial charge in [0.25, 0.3) is 10.0 Å². The van der Waals surface area contributed by atoms with Crippen molar-refractivity contribution >= 4 is 10.0 Å². The molecule has 0 unspecified atom stereocenters. The number of pyridine rings is 1. The lowest BCUT2D eigenvalue weighted by atomic mass is 10.1. The largest absolute Gasteiger partial charge is 0.339 e. The zero-order valence-corrected chi connectivity index (χ0v) is 13.4. The smallest absolute Gasteiger partial charge is 0.262 e. The lowest BCUT2D eigenvalue weighted by molar-refractivity contribution is 0.105. The highest BCUT2D eigenvalue weighted by Crippen LogP contribution is 2.23. The monoisotopic (exact) mass is 321 g/mol. The van der Waals surface area contributed by atoms with Crippen molar-refractivity contribution in [3.05, 3.63) is 42.6 Å². The Balaban J connectivity index is 1.59. The molecule has 118 valence electrons. The first kappa shape index (κ1) is 15.1. The van der Waals surface area contributed by atoms with Gasteiger partial charge < -0.3 is 4.57 Å². The third-order valence-corrected chi connectivity index (χ3v) is 5.61. The SMILES string of the molecule is CN(Cc1cccnc1)C1CN(S(=O)(=O)c2cn(C)cn2)C1. The maximum absolute atomic E-state index is 12.4. The molecule has 8 heteroatoms. The topological polar surface area (TPSA) is 71.3 Å². The number of imidazole rings is 1. The van der Waals surface area contributed by atoms with Crippen molar-refractivity contribution in [3.8, 4) is 0 Å². The van der Waals surface area contributed by atoms with Gasteiger partial charge in [-0.3, -0.25) is 9.88 Å². The second kappa shape index (κ2) is 5.79. The summed E-state index contributed by atoms with van der Waals surface area (Å²) in [6, 6.07) is 4.14. The Kier molecular flexibility index (Phi) is 3.98. The van der Waals surface area contributed by atoms with Gasteiger partial charge in [0, 0.05) is 51.3 Å². The van der Waals surface area contributed by atoms with Gasteiger partial charge in [-0.15, -0.1) is 0 Å². The molecule has 22 heavy (non-hydrogen) atoms. The lowest BCUT2D eigenvalue weighted by Gasteiger charge is -2.42. The second-order valence-electron chi connectivity index (χ2n) is 5.63. The maximum atomic E-state index is 12.4. The Labute approximate surface area is 130 Å². The van der Waals surface area contributed by atoms with Crippen molar-refractivity contribution in [3.63, 3.8) is 0 Å². The zero-order chi connectivity index (χ0) is 15.7. The van der Waals surface area contributed by atoms with Gasteiger partial charge in [-0.1, -0.05) is 6.07 Å². The molecule has 0 aliphatic carbocycles. The molecular weight excluding hydrogens is 302 g/mol. The van der Waals surface area contributed by atoms with Crippen LogP contribution in [0.1, 0.15) is 5.56 Å². The van der Waals surface area contributed by atoms with E-state index in [1.165, 1.54) is 16.8 Å². The molecule has 0 aromatic carbocycles. The fourth-order valence-electron chi connectivity index (χ4n) is 2.45. The van der Waals surface area contributed by atoms with Crippen LogP contribution in [0.5, 0.6) is 0 Å². The predicted octanol–water partition coefficient (Wildman–Crippen LogP) is 0.320. The third-order valence-electron chi connectivity index (χ3n) is 3.89. The first-order chi connectivity index (χ1) is 10.5. The number of rotatable bonds is 5. The van der Waals surface area contributed by atoms with E-state index in [9.17, 15) is 8.42 Å². The molecule has 7 nitrogen and oxygen atoms in total. The van der Waals surface area contributed by atoms with Crippen LogP contribution in [-0.2, 0) is 23.6 Å². The van der Waals surface area contributed by atoms with E-state index in [1.807, 2.05) is 25.4 Å². The number of likely N-dealkylation sites (N-methyl/N-ethyl adjacent to an activating group) is 1. The number of aromatic nitrogens is 3. The van der Waals surface area contributed by atoms with Crippen LogP contribution < -0.4 is 0 Å². The summed E-state index contributed by atoms with van der Waals surface area (Å²) in [6.07, 6.45) is 6.60. The van der Waals surface area contributed by atoms with Crippen LogP contribution >= 0.6 is 0 Å². The number of nitrogens with zero attached hydrogens (tertiary/aromatic N) is 5. The fraction of sp³-hybridized carbons (Fsp3) is 0.429. The first-order valence-electron chi connectivity index (χ1n) is 7.04. The van der Waals surface area contributed by atoms with E-state index in [-0.39, 0.29) is 11.1 Å². The molecular formula is C14H19N5O2S. The maximum Gasteiger partial charge on any atom is 0.262 e. The molecule has 0 saturated carbocycles. The predicted molar refractivity (Wildman–Crippen MR) is 81.5 cm³/mol. The second-order valence-corrected chi connectivity index (χ2v) is 7.51. The highest BCUT2D eigenvalue weighted by molar-refractivity contribution is 7.89. The van der Waals surface area contributed by atoms with Crippen LogP contribution in [0.15, 0.2) is 42.1 Å². The van der Waals surface area contributed by atoms with E-state index in [1.54, 1.807) is 17.8 Å². The molecule has 0 bridgehead atoms. The zero-order valence-electron chi connectivity index (χ0n) is 12.6. The van der Waals surface area contributed by atoms with E-state index < -0.39 is 10.0 Å². The van der Waals surface area contributed by atoms with Crippen LogP contribution in [-0.4, -0.2) is 58.3 Å². The van der Waals surface area contributed by atoms with E-state index in [4.69, 9.17) is 0 Å². The Hall–Kier alpha value is -1.77. The standard InChI is InChI=1S/C14H19N5O2S/c1-17-10-14(16-11-17)22(20,21)19-8-13(9-19)18(2)7-12-4-3-5-15-6-12/h3-6,10-11,13H,7-9H2,1-2H3.